The Balaban J connectivity index is 1.68. The van der Waals surface area contributed by atoms with Crippen molar-refractivity contribution in [1.82, 2.24) is 20.1 Å². The predicted octanol–water partition coefficient (Wildman–Crippen LogP) is 4.32. The predicted molar refractivity (Wildman–Crippen MR) is 111 cm³/mol. The van der Waals surface area contributed by atoms with Gasteiger partial charge in [0.1, 0.15) is 0 Å². The molecule has 146 valence electrons. The van der Waals surface area contributed by atoms with Crippen LogP contribution in [-0.2, 0) is 17.3 Å². The number of aromatic nitrogens is 3. The van der Waals surface area contributed by atoms with Gasteiger partial charge in [-0.05, 0) is 30.7 Å². The first-order valence-electron chi connectivity index (χ1n) is 9.73. The van der Waals surface area contributed by atoms with Crippen LogP contribution in [0.3, 0.4) is 0 Å². The van der Waals surface area contributed by atoms with Gasteiger partial charge in [-0.3, -0.25) is 4.79 Å². The zero-order valence-electron chi connectivity index (χ0n) is 17.0. The van der Waals surface area contributed by atoms with Crippen LogP contribution in [0, 0.1) is 0 Å². The van der Waals surface area contributed by atoms with E-state index in [-0.39, 0.29) is 16.6 Å². The summed E-state index contributed by atoms with van der Waals surface area (Å²) in [5.74, 6) is 0.910. The highest BCUT2D eigenvalue weighted by atomic mass is 32.2. The molecule has 1 aliphatic rings. The molecule has 1 N–H and O–H groups in total. The van der Waals surface area contributed by atoms with E-state index < -0.39 is 0 Å². The molecule has 1 fully saturated rings. The maximum Gasteiger partial charge on any atom is 0.233 e. The number of nitrogens with zero attached hydrogens (tertiary/aromatic N) is 3. The summed E-state index contributed by atoms with van der Waals surface area (Å²) in [4.78, 5) is 12.4. The van der Waals surface area contributed by atoms with Crippen molar-refractivity contribution in [2.24, 2.45) is 7.05 Å². The molecule has 0 saturated heterocycles. The van der Waals surface area contributed by atoms with Gasteiger partial charge in [0, 0.05) is 18.7 Å². The van der Waals surface area contributed by atoms with Gasteiger partial charge in [0.15, 0.2) is 11.0 Å². The van der Waals surface area contributed by atoms with E-state index in [1.54, 1.807) is 0 Å². The topological polar surface area (TPSA) is 59.8 Å². The standard InChI is InChI=1S/C21H30N4OS/c1-14(19(26)22-17-8-6-7-9-17)27-20-24-23-18(25(20)5)15-10-12-16(13-11-15)21(2,3)4/h10-14,17H,6-9H2,1-5H3,(H,22,26). The van der Waals surface area contributed by atoms with Gasteiger partial charge in [0.2, 0.25) is 5.91 Å². The monoisotopic (exact) mass is 386 g/mol. The Morgan fingerprint density at radius 2 is 1.81 bits per heavy atom. The molecular weight excluding hydrogens is 356 g/mol. The first-order chi connectivity index (χ1) is 12.8. The smallest absolute Gasteiger partial charge is 0.233 e. The minimum Gasteiger partial charge on any atom is -0.352 e. The molecule has 1 aliphatic carbocycles. The first-order valence-corrected chi connectivity index (χ1v) is 10.6. The third-order valence-electron chi connectivity index (χ3n) is 5.20. The second kappa shape index (κ2) is 8.05. The normalized spacial score (nSPS) is 16.5. The van der Waals surface area contributed by atoms with E-state index in [0.717, 1.165) is 29.4 Å². The van der Waals surface area contributed by atoms with E-state index in [9.17, 15) is 4.79 Å². The number of amides is 1. The number of thioether (sulfide) groups is 1. The Bertz CT molecular complexity index is 786. The minimum absolute atomic E-state index is 0.0889. The summed E-state index contributed by atoms with van der Waals surface area (Å²) >= 11 is 1.46. The molecule has 1 amide bonds. The van der Waals surface area contributed by atoms with Crippen LogP contribution in [0.25, 0.3) is 11.4 Å². The SMILES string of the molecule is CC(Sc1nnc(-c2ccc(C(C)(C)C)cc2)n1C)C(=O)NC1CCCC1. The molecule has 1 unspecified atom stereocenters. The second-order valence-corrected chi connectivity index (χ2v) is 9.75. The van der Waals surface area contributed by atoms with E-state index in [1.807, 2.05) is 18.5 Å². The van der Waals surface area contributed by atoms with Crippen molar-refractivity contribution in [2.75, 3.05) is 0 Å². The Labute approximate surface area is 166 Å². The van der Waals surface area contributed by atoms with E-state index >= 15 is 0 Å². The van der Waals surface area contributed by atoms with E-state index in [0.29, 0.717) is 6.04 Å². The van der Waals surface area contributed by atoms with Crippen LogP contribution in [0.15, 0.2) is 29.4 Å². The molecule has 3 rings (SSSR count). The number of hydrogen-bond donors (Lipinski definition) is 1. The summed E-state index contributed by atoms with van der Waals surface area (Å²) in [6, 6.07) is 8.82. The number of carbonyl (C=O) groups excluding carboxylic acids is 1. The van der Waals surface area contributed by atoms with Crippen molar-refractivity contribution < 1.29 is 4.79 Å². The van der Waals surface area contributed by atoms with Gasteiger partial charge in [-0.25, -0.2) is 0 Å². The highest BCUT2D eigenvalue weighted by Gasteiger charge is 2.23. The Morgan fingerprint density at radius 1 is 1.19 bits per heavy atom. The van der Waals surface area contributed by atoms with Crippen molar-refractivity contribution in [1.29, 1.82) is 0 Å². The molecule has 0 radical (unpaired) electrons. The Kier molecular flexibility index (Phi) is 5.94. The van der Waals surface area contributed by atoms with E-state index in [4.69, 9.17) is 0 Å². The number of rotatable bonds is 5. The quantitative estimate of drug-likeness (QED) is 0.778. The molecule has 1 aromatic heterocycles. The van der Waals surface area contributed by atoms with E-state index in [2.05, 4.69) is 60.6 Å². The van der Waals surface area contributed by atoms with Crippen LogP contribution in [-0.4, -0.2) is 32.0 Å². The first kappa shape index (κ1) is 19.9. The summed E-state index contributed by atoms with van der Waals surface area (Å²) < 4.78 is 1.97. The molecule has 6 heteroatoms. The fourth-order valence-corrected chi connectivity index (χ4v) is 4.21. The maximum atomic E-state index is 12.4. The van der Waals surface area contributed by atoms with Crippen LogP contribution in [0.4, 0.5) is 0 Å². The van der Waals surface area contributed by atoms with Crippen LogP contribution >= 0.6 is 11.8 Å². The molecule has 27 heavy (non-hydrogen) atoms. The lowest BCUT2D eigenvalue weighted by molar-refractivity contribution is -0.120. The molecular formula is C21H30N4OS. The van der Waals surface area contributed by atoms with Gasteiger partial charge in [0.05, 0.1) is 5.25 Å². The lowest BCUT2D eigenvalue weighted by Gasteiger charge is -2.19. The average molecular weight is 387 g/mol. The summed E-state index contributed by atoms with van der Waals surface area (Å²) in [6.07, 6.45) is 4.63. The molecule has 1 atom stereocenters. The fraction of sp³-hybridized carbons (Fsp3) is 0.571. The number of carbonyl (C=O) groups is 1. The van der Waals surface area contributed by atoms with Gasteiger partial charge in [-0.1, -0.05) is 69.6 Å². The summed E-state index contributed by atoms with van der Waals surface area (Å²) in [5.41, 5.74) is 2.45. The number of nitrogens with one attached hydrogen (secondary N) is 1. The van der Waals surface area contributed by atoms with Crippen LogP contribution in [0.2, 0.25) is 0 Å². The molecule has 1 saturated carbocycles. The van der Waals surface area contributed by atoms with Gasteiger partial charge >= 0.3 is 0 Å². The lowest BCUT2D eigenvalue weighted by atomic mass is 9.87. The lowest BCUT2D eigenvalue weighted by Crippen LogP contribution is -2.37. The average Bonchev–Trinajstić information content (AvgIpc) is 3.25. The molecule has 0 bridgehead atoms. The maximum absolute atomic E-state index is 12.4. The van der Waals surface area contributed by atoms with Crippen molar-refractivity contribution in [3.8, 4) is 11.4 Å². The molecule has 1 aromatic carbocycles. The van der Waals surface area contributed by atoms with Gasteiger partial charge in [-0.2, -0.15) is 0 Å². The number of benzene rings is 1. The largest absolute Gasteiger partial charge is 0.352 e. The minimum atomic E-state index is -0.190. The second-order valence-electron chi connectivity index (χ2n) is 8.44. The summed E-state index contributed by atoms with van der Waals surface area (Å²) in [6.45, 7) is 8.55. The third-order valence-corrected chi connectivity index (χ3v) is 6.33. The van der Waals surface area contributed by atoms with Crippen molar-refractivity contribution in [3.05, 3.63) is 29.8 Å². The zero-order chi connectivity index (χ0) is 19.6. The Hall–Kier alpha value is -1.82. The van der Waals surface area contributed by atoms with Crippen molar-refractivity contribution in [3.63, 3.8) is 0 Å². The molecule has 2 aromatic rings. The zero-order valence-corrected chi connectivity index (χ0v) is 17.8. The molecule has 1 heterocycles. The fourth-order valence-electron chi connectivity index (χ4n) is 3.39. The van der Waals surface area contributed by atoms with Crippen LogP contribution < -0.4 is 5.32 Å². The highest BCUT2D eigenvalue weighted by Crippen LogP contribution is 2.28. The molecule has 0 aliphatic heterocycles. The molecule has 0 spiro atoms. The molecule has 5 nitrogen and oxygen atoms in total. The highest BCUT2D eigenvalue weighted by molar-refractivity contribution is 8.00. The van der Waals surface area contributed by atoms with Gasteiger partial charge in [0.25, 0.3) is 0 Å². The third kappa shape index (κ3) is 4.72. The van der Waals surface area contributed by atoms with Crippen LogP contribution in [0.5, 0.6) is 0 Å². The summed E-state index contributed by atoms with van der Waals surface area (Å²) in [7, 11) is 1.96. The summed E-state index contributed by atoms with van der Waals surface area (Å²) in [5, 5.41) is 12.4. The van der Waals surface area contributed by atoms with Crippen molar-refractivity contribution >= 4 is 17.7 Å². The van der Waals surface area contributed by atoms with Crippen molar-refractivity contribution in [2.45, 2.75) is 75.2 Å². The Morgan fingerprint density at radius 3 is 2.41 bits per heavy atom. The number of hydrogen-bond acceptors (Lipinski definition) is 4. The van der Waals surface area contributed by atoms with E-state index in [1.165, 1.54) is 30.2 Å². The van der Waals surface area contributed by atoms with Crippen LogP contribution in [0.1, 0.15) is 58.9 Å². The van der Waals surface area contributed by atoms with Gasteiger partial charge in [-0.15, -0.1) is 10.2 Å². The van der Waals surface area contributed by atoms with Gasteiger partial charge < -0.3 is 9.88 Å².